The third-order valence-corrected chi connectivity index (χ3v) is 2.89. The number of hydrogen-bond acceptors (Lipinski definition) is 2. The summed E-state index contributed by atoms with van der Waals surface area (Å²) in [5.41, 5.74) is 2.88. The molecule has 90 valence electrons. The summed E-state index contributed by atoms with van der Waals surface area (Å²) in [7, 11) is 0. The standard InChI is InChI=1S/C15H12BrNO/c1-10-3-11(2)5-14(4-10)18-15-7-12(9-17)6-13(16)8-15/h3-8H,1-2H3. The minimum absolute atomic E-state index is 0.573. The molecule has 0 aromatic heterocycles. The van der Waals surface area contributed by atoms with Crippen LogP contribution in [0.1, 0.15) is 16.7 Å². The molecule has 0 aliphatic heterocycles. The van der Waals surface area contributed by atoms with Crippen molar-refractivity contribution in [3.63, 3.8) is 0 Å². The van der Waals surface area contributed by atoms with E-state index < -0.39 is 0 Å². The molecule has 2 aromatic carbocycles. The van der Waals surface area contributed by atoms with Crippen molar-refractivity contribution in [1.82, 2.24) is 0 Å². The van der Waals surface area contributed by atoms with Gasteiger partial charge in [0.2, 0.25) is 0 Å². The van der Waals surface area contributed by atoms with E-state index in [1.807, 2.05) is 32.0 Å². The van der Waals surface area contributed by atoms with E-state index in [1.165, 1.54) is 0 Å². The summed E-state index contributed by atoms with van der Waals surface area (Å²) in [6, 6.07) is 13.5. The van der Waals surface area contributed by atoms with E-state index in [0.717, 1.165) is 21.3 Å². The number of benzene rings is 2. The Morgan fingerprint density at radius 1 is 0.944 bits per heavy atom. The normalized spacial score (nSPS) is 9.89. The van der Waals surface area contributed by atoms with Crippen molar-refractivity contribution >= 4 is 15.9 Å². The number of aryl methyl sites for hydroxylation is 2. The third-order valence-electron chi connectivity index (χ3n) is 2.43. The van der Waals surface area contributed by atoms with Crippen LogP contribution >= 0.6 is 15.9 Å². The maximum Gasteiger partial charge on any atom is 0.129 e. The van der Waals surface area contributed by atoms with Crippen molar-refractivity contribution in [2.24, 2.45) is 0 Å². The largest absolute Gasteiger partial charge is 0.457 e. The van der Waals surface area contributed by atoms with E-state index in [-0.39, 0.29) is 0 Å². The van der Waals surface area contributed by atoms with Gasteiger partial charge in [-0.3, -0.25) is 0 Å². The molecule has 0 bridgehead atoms. The van der Waals surface area contributed by atoms with Gasteiger partial charge in [0.15, 0.2) is 0 Å². The first-order valence-electron chi connectivity index (χ1n) is 5.53. The van der Waals surface area contributed by atoms with E-state index in [1.54, 1.807) is 12.1 Å². The first kappa shape index (κ1) is 12.7. The lowest BCUT2D eigenvalue weighted by Crippen LogP contribution is -1.88. The van der Waals surface area contributed by atoms with Crippen molar-refractivity contribution in [3.8, 4) is 17.6 Å². The van der Waals surface area contributed by atoms with Gasteiger partial charge >= 0.3 is 0 Å². The fourth-order valence-electron chi connectivity index (χ4n) is 1.81. The topological polar surface area (TPSA) is 33.0 Å². The van der Waals surface area contributed by atoms with Gasteiger partial charge in [0.05, 0.1) is 11.6 Å². The fraction of sp³-hybridized carbons (Fsp3) is 0.133. The Morgan fingerprint density at radius 3 is 2.17 bits per heavy atom. The number of nitrogens with zero attached hydrogens (tertiary/aromatic N) is 1. The second-order valence-electron chi connectivity index (χ2n) is 4.21. The van der Waals surface area contributed by atoms with Crippen LogP contribution in [0, 0.1) is 25.2 Å². The van der Waals surface area contributed by atoms with Crippen LogP contribution in [-0.4, -0.2) is 0 Å². The molecule has 18 heavy (non-hydrogen) atoms. The van der Waals surface area contributed by atoms with Gasteiger partial charge in [0.25, 0.3) is 0 Å². The first-order chi connectivity index (χ1) is 8.56. The van der Waals surface area contributed by atoms with Gasteiger partial charge in [-0.2, -0.15) is 5.26 Å². The maximum atomic E-state index is 8.91. The predicted molar refractivity (Wildman–Crippen MR) is 74.8 cm³/mol. The summed E-state index contributed by atoms with van der Waals surface area (Å²) in [6.07, 6.45) is 0. The molecule has 0 amide bonds. The van der Waals surface area contributed by atoms with Crippen LogP contribution in [0.3, 0.4) is 0 Å². The Balaban J connectivity index is 2.34. The zero-order chi connectivity index (χ0) is 13.1. The van der Waals surface area contributed by atoms with Crippen LogP contribution in [0.5, 0.6) is 11.5 Å². The summed E-state index contributed by atoms with van der Waals surface area (Å²) in [4.78, 5) is 0. The fourth-order valence-corrected chi connectivity index (χ4v) is 2.29. The second-order valence-corrected chi connectivity index (χ2v) is 5.13. The van der Waals surface area contributed by atoms with Gasteiger partial charge in [-0.25, -0.2) is 0 Å². The van der Waals surface area contributed by atoms with E-state index in [0.29, 0.717) is 11.3 Å². The molecule has 0 heterocycles. The molecular formula is C15H12BrNO. The summed E-state index contributed by atoms with van der Waals surface area (Å²) in [5.74, 6) is 1.44. The molecule has 0 atom stereocenters. The SMILES string of the molecule is Cc1cc(C)cc(Oc2cc(Br)cc(C#N)c2)c1. The number of ether oxygens (including phenoxy) is 1. The molecule has 3 heteroatoms. The minimum Gasteiger partial charge on any atom is -0.457 e. The Labute approximate surface area is 115 Å². The lowest BCUT2D eigenvalue weighted by atomic mass is 10.1. The zero-order valence-electron chi connectivity index (χ0n) is 10.2. The molecule has 2 nitrogen and oxygen atoms in total. The van der Waals surface area contributed by atoms with Gasteiger partial charge in [-0.05, 0) is 55.3 Å². The van der Waals surface area contributed by atoms with Crippen LogP contribution in [0.4, 0.5) is 0 Å². The van der Waals surface area contributed by atoms with Crippen LogP contribution in [0.25, 0.3) is 0 Å². The van der Waals surface area contributed by atoms with Crippen molar-refractivity contribution in [2.75, 3.05) is 0 Å². The third kappa shape index (κ3) is 3.12. The minimum atomic E-state index is 0.573. The molecule has 0 spiro atoms. The molecule has 0 radical (unpaired) electrons. The predicted octanol–water partition coefficient (Wildman–Crippen LogP) is 4.73. The molecule has 0 N–H and O–H groups in total. The van der Waals surface area contributed by atoms with Crippen LogP contribution in [0.15, 0.2) is 40.9 Å². The highest BCUT2D eigenvalue weighted by molar-refractivity contribution is 9.10. The Hall–Kier alpha value is -1.79. The van der Waals surface area contributed by atoms with Crippen LogP contribution < -0.4 is 4.74 Å². The molecule has 2 aromatic rings. The molecule has 0 saturated heterocycles. The summed E-state index contributed by atoms with van der Waals surface area (Å²) in [5, 5.41) is 8.91. The smallest absolute Gasteiger partial charge is 0.129 e. The Kier molecular flexibility index (Phi) is 3.69. The number of halogens is 1. The van der Waals surface area contributed by atoms with Crippen molar-refractivity contribution in [2.45, 2.75) is 13.8 Å². The van der Waals surface area contributed by atoms with Crippen molar-refractivity contribution < 1.29 is 4.74 Å². The molecule has 0 saturated carbocycles. The highest BCUT2D eigenvalue weighted by Crippen LogP contribution is 2.27. The van der Waals surface area contributed by atoms with Gasteiger partial charge < -0.3 is 4.74 Å². The quantitative estimate of drug-likeness (QED) is 0.803. The molecule has 0 fully saturated rings. The van der Waals surface area contributed by atoms with Crippen LogP contribution in [0.2, 0.25) is 0 Å². The van der Waals surface area contributed by atoms with E-state index in [4.69, 9.17) is 10.00 Å². The number of nitriles is 1. The van der Waals surface area contributed by atoms with Gasteiger partial charge in [-0.15, -0.1) is 0 Å². The lowest BCUT2D eigenvalue weighted by Gasteiger charge is -2.08. The summed E-state index contributed by atoms with van der Waals surface area (Å²) >= 11 is 3.36. The van der Waals surface area contributed by atoms with Gasteiger partial charge in [0.1, 0.15) is 11.5 Å². The Bertz CT molecular complexity index is 609. The highest BCUT2D eigenvalue weighted by Gasteiger charge is 2.03. The number of rotatable bonds is 2. The van der Waals surface area contributed by atoms with Gasteiger partial charge in [0, 0.05) is 4.47 Å². The van der Waals surface area contributed by atoms with Crippen molar-refractivity contribution in [3.05, 3.63) is 57.6 Å². The summed E-state index contributed by atoms with van der Waals surface area (Å²) < 4.78 is 6.62. The number of hydrogen-bond donors (Lipinski definition) is 0. The monoisotopic (exact) mass is 301 g/mol. The summed E-state index contributed by atoms with van der Waals surface area (Å²) in [6.45, 7) is 4.06. The average Bonchev–Trinajstić information content (AvgIpc) is 2.26. The zero-order valence-corrected chi connectivity index (χ0v) is 11.8. The van der Waals surface area contributed by atoms with E-state index in [9.17, 15) is 0 Å². The molecular weight excluding hydrogens is 290 g/mol. The maximum absolute atomic E-state index is 8.91. The van der Waals surface area contributed by atoms with E-state index in [2.05, 4.69) is 28.1 Å². The average molecular weight is 302 g/mol. The lowest BCUT2D eigenvalue weighted by molar-refractivity contribution is 0.481. The molecule has 0 aliphatic rings. The molecule has 0 aliphatic carbocycles. The molecule has 0 unspecified atom stereocenters. The highest BCUT2D eigenvalue weighted by atomic mass is 79.9. The molecule has 2 rings (SSSR count). The van der Waals surface area contributed by atoms with Crippen LogP contribution in [-0.2, 0) is 0 Å². The van der Waals surface area contributed by atoms with Crippen molar-refractivity contribution in [1.29, 1.82) is 5.26 Å². The second kappa shape index (κ2) is 5.24. The van der Waals surface area contributed by atoms with Gasteiger partial charge in [-0.1, -0.05) is 22.0 Å². The van der Waals surface area contributed by atoms with E-state index >= 15 is 0 Å². The first-order valence-corrected chi connectivity index (χ1v) is 6.33. The Morgan fingerprint density at radius 2 is 1.56 bits per heavy atom.